The van der Waals surface area contributed by atoms with Crippen LogP contribution < -0.4 is 0 Å². The second kappa shape index (κ2) is 5.31. The summed E-state index contributed by atoms with van der Waals surface area (Å²) < 4.78 is 0.285. The Labute approximate surface area is 102 Å². The molecule has 0 spiro atoms. The van der Waals surface area contributed by atoms with E-state index in [1.54, 1.807) is 0 Å². The molecule has 1 rings (SSSR count). The Balaban J connectivity index is 2.86. The molecule has 1 aromatic carbocycles. The predicted molar refractivity (Wildman–Crippen MR) is 73.0 cm³/mol. The topological polar surface area (TPSA) is 0 Å². The molecule has 0 amide bonds. The molecular formula is C13H20S2. The van der Waals surface area contributed by atoms with Crippen molar-refractivity contribution in [2.45, 2.75) is 54.4 Å². The summed E-state index contributed by atoms with van der Waals surface area (Å²) in [5, 5.41) is 0.645. The lowest BCUT2D eigenvalue weighted by molar-refractivity contribution is 0.801. The zero-order valence-electron chi connectivity index (χ0n) is 10.2. The summed E-state index contributed by atoms with van der Waals surface area (Å²) in [6, 6.07) is 8.69. The number of rotatable bonds is 3. The molecule has 0 saturated heterocycles. The van der Waals surface area contributed by atoms with Crippen molar-refractivity contribution in [2.24, 2.45) is 0 Å². The highest BCUT2D eigenvalue weighted by atomic mass is 32.2. The van der Waals surface area contributed by atoms with Gasteiger partial charge in [0.25, 0.3) is 0 Å². The summed E-state index contributed by atoms with van der Waals surface area (Å²) in [5.74, 6) is 0. The van der Waals surface area contributed by atoms with Gasteiger partial charge in [0.15, 0.2) is 0 Å². The summed E-state index contributed by atoms with van der Waals surface area (Å²) in [6.45, 7) is 11.3. The Kier molecular flexibility index (Phi) is 4.60. The monoisotopic (exact) mass is 240 g/mol. The molecule has 0 heterocycles. The average Bonchev–Trinajstić information content (AvgIpc) is 2.05. The van der Waals surface area contributed by atoms with E-state index in [9.17, 15) is 0 Å². The van der Waals surface area contributed by atoms with Gasteiger partial charge in [-0.1, -0.05) is 46.8 Å². The van der Waals surface area contributed by atoms with Crippen molar-refractivity contribution >= 4 is 23.5 Å². The second-order valence-electron chi connectivity index (χ2n) is 4.83. The molecule has 84 valence electrons. The lowest BCUT2D eigenvalue weighted by atomic mass is 10.3. The zero-order chi connectivity index (χ0) is 11.5. The number of thioether (sulfide) groups is 2. The van der Waals surface area contributed by atoms with E-state index in [0.29, 0.717) is 5.25 Å². The minimum atomic E-state index is 0.285. The van der Waals surface area contributed by atoms with Gasteiger partial charge in [0.05, 0.1) is 0 Å². The maximum Gasteiger partial charge on any atom is 0.0213 e. The van der Waals surface area contributed by atoms with Gasteiger partial charge in [-0.25, -0.2) is 0 Å². The summed E-state index contributed by atoms with van der Waals surface area (Å²) in [5.41, 5.74) is 0. The van der Waals surface area contributed by atoms with Crippen LogP contribution >= 0.6 is 23.5 Å². The molecule has 1 aromatic rings. The minimum absolute atomic E-state index is 0.285. The van der Waals surface area contributed by atoms with E-state index >= 15 is 0 Å². The zero-order valence-corrected chi connectivity index (χ0v) is 11.8. The van der Waals surface area contributed by atoms with E-state index < -0.39 is 0 Å². The first-order valence-corrected chi connectivity index (χ1v) is 7.03. The summed E-state index contributed by atoms with van der Waals surface area (Å²) in [4.78, 5) is 2.82. The van der Waals surface area contributed by atoms with Gasteiger partial charge in [0.1, 0.15) is 0 Å². The smallest absolute Gasteiger partial charge is 0.0213 e. The molecule has 0 N–H and O–H groups in total. The molecule has 0 aliphatic carbocycles. The summed E-state index contributed by atoms with van der Waals surface area (Å²) >= 11 is 3.89. The predicted octanol–water partition coefficient (Wildman–Crippen LogP) is 5.08. The number of hydrogen-bond acceptors (Lipinski definition) is 2. The highest BCUT2D eigenvalue weighted by molar-refractivity contribution is 8.03. The van der Waals surface area contributed by atoms with E-state index in [4.69, 9.17) is 0 Å². The van der Waals surface area contributed by atoms with Crippen LogP contribution in [-0.4, -0.2) is 10.00 Å². The van der Waals surface area contributed by atoms with Crippen LogP contribution in [0.2, 0.25) is 0 Å². The minimum Gasteiger partial charge on any atom is -0.122 e. The normalized spacial score (nSPS) is 12.1. The molecule has 0 bridgehead atoms. The molecule has 0 aromatic heterocycles. The summed E-state index contributed by atoms with van der Waals surface area (Å²) in [7, 11) is 0. The average molecular weight is 240 g/mol. The Morgan fingerprint density at radius 3 is 2.00 bits per heavy atom. The van der Waals surface area contributed by atoms with Gasteiger partial charge in [0, 0.05) is 19.8 Å². The van der Waals surface area contributed by atoms with Crippen molar-refractivity contribution in [3.8, 4) is 0 Å². The van der Waals surface area contributed by atoms with E-state index in [2.05, 4.69) is 58.9 Å². The third-order valence-electron chi connectivity index (χ3n) is 1.63. The van der Waals surface area contributed by atoms with E-state index in [1.807, 2.05) is 23.5 Å². The van der Waals surface area contributed by atoms with Gasteiger partial charge in [-0.05, 0) is 12.1 Å². The molecule has 0 saturated carbocycles. The SMILES string of the molecule is CC(C)Sc1ccccc1SC(C)(C)C. The van der Waals surface area contributed by atoms with E-state index in [-0.39, 0.29) is 4.75 Å². The number of hydrogen-bond donors (Lipinski definition) is 0. The molecule has 0 fully saturated rings. The molecule has 0 unspecified atom stereocenters. The lowest BCUT2D eigenvalue weighted by Crippen LogP contribution is -2.07. The molecule has 0 radical (unpaired) electrons. The maximum absolute atomic E-state index is 2.26. The van der Waals surface area contributed by atoms with Crippen molar-refractivity contribution in [1.82, 2.24) is 0 Å². The quantitative estimate of drug-likeness (QED) is 0.676. The fourth-order valence-electron chi connectivity index (χ4n) is 1.22. The third kappa shape index (κ3) is 4.98. The van der Waals surface area contributed by atoms with Crippen LogP contribution in [0.25, 0.3) is 0 Å². The van der Waals surface area contributed by atoms with Gasteiger partial charge >= 0.3 is 0 Å². The van der Waals surface area contributed by atoms with Gasteiger partial charge in [-0.15, -0.1) is 23.5 Å². The molecule has 0 nitrogen and oxygen atoms in total. The van der Waals surface area contributed by atoms with Crippen LogP contribution in [0.4, 0.5) is 0 Å². The fraction of sp³-hybridized carbons (Fsp3) is 0.538. The van der Waals surface area contributed by atoms with Gasteiger partial charge in [0.2, 0.25) is 0 Å². The van der Waals surface area contributed by atoms with Crippen molar-refractivity contribution in [1.29, 1.82) is 0 Å². The second-order valence-corrected chi connectivity index (χ2v) is 8.31. The van der Waals surface area contributed by atoms with Gasteiger partial charge in [-0.3, -0.25) is 0 Å². The van der Waals surface area contributed by atoms with Crippen LogP contribution in [0.15, 0.2) is 34.1 Å². The number of benzene rings is 1. The molecule has 2 heteroatoms. The highest BCUT2D eigenvalue weighted by Gasteiger charge is 2.15. The van der Waals surface area contributed by atoms with Gasteiger partial charge < -0.3 is 0 Å². The summed E-state index contributed by atoms with van der Waals surface area (Å²) in [6.07, 6.45) is 0. The maximum atomic E-state index is 2.26. The van der Waals surface area contributed by atoms with Crippen LogP contribution in [0, 0.1) is 0 Å². The van der Waals surface area contributed by atoms with Crippen molar-refractivity contribution in [3.05, 3.63) is 24.3 Å². The van der Waals surface area contributed by atoms with Crippen LogP contribution in [0.5, 0.6) is 0 Å². The van der Waals surface area contributed by atoms with Crippen LogP contribution in [-0.2, 0) is 0 Å². The largest absolute Gasteiger partial charge is 0.122 e. The highest BCUT2D eigenvalue weighted by Crippen LogP contribution is 2.39. The molecule has 0 aliphatic rings. The lowest BCUT2D eigenvalue weighted by Gasteiger charge is -2.20. The van der Waals surface area contributed by atoms with E-state index in [1.165, 1.54) is 9.79 Å². The first-order valence-electron chi connectivity index (χ1n) is 5.33. The van der Waals surface area contributed by atoms with Gasteiger partial charge in [-0.2, -0.15) is 0 Å². The van der Waals surface area contributed by atoms with Crippen molar-refractivity contribution < 1.29 is 0 Å². The first-order chi connectivity index (χ1) is 6.88. The standard InChI is InChI=1S/C13H20S2/c1-10(2)14-11-8-6-7-9-12(11)15-13(3,4)5/h6-10H,1-5H3. The Hall–Kier alpha value is -0.0800. The molecule has 15 heavy (non-hydrogen) atoms. The van der Waals surface area contributed by atoms with Crippen molar-refractivity contribution in [3.63, 3.8) is 0 Å². The Bertz CT molecular complexity index is 311. The molecule has 0 atom stereocenters. The molecular weight excluding hydrogens is 220 g/mol. The third-order valence-corrected chi connectivity index (χ3v) is 4.03. The van der Waals surface area contributed by atoms with Crippen LogP contribution in [0.3, 0.4) is 0 Å². The van der Waals surface area contributed by atoms with Crippen molar-refractivity contribution in [2.75, 3.05) is 0 Å². The Morgan fingerprint density at radius 1 is 1.00 bits per heavy atom. The fourth-order valence-corrected chi connectivity index (χ4v) is 3.31. The Morgan fingerprint density at radius 2 is 1.53 bits per heavy atom. The first kappa shape index (κ1) is 13.0. The van der Waals surface area contributed by atoms with E-state index in [0.717, 1.165) is 0 Å². The molecule has 0 aliphatic heterocycles. The van der Waals surface area contributed by atoms with Crippen LogP contribution in [0.1, 0.15) is 34.6 Å².